The number of pyridine rings is 1. The molecule has 0 spiro atoms. The number of hydrogen-bond acceptors (Lipinski definition) is 7. The second-order valence-corrected chi connectivity index (χ2v) is 9.80. The van der Waals surface area contributed by atoms with Crippen molar-refractivity contribution in [2.24, 2.45) is 0 Å². The maximum Gasteiger partial charge on any atom is 0.263 e. The summed E-state index contributed by atoms with van der Waals surface area (Å²) in [6.07, 6.45) is 2.67. The van der Waals surface area contributed by atoms with Gasteiger partial charge in [0.1, 0.15) is 9.71 Å². The van der Waals surface area contributed by atoms with E-state index in [1.54, 1.807) is 0 Å². The van der Waals surface area contributed by atoms with Crippen LogP contribution in [0.25, 0.3) is 10.2 Å². The van der Waals surface area contributed by atoms with E-state index in [-0.39, 0.29) is 24.6 Å². The number of aliphatic hydroxyl groups excluding tert-OH is 1. The molecule has 8 heteroatoms. The lowest BCUT2D eigenvalue weighted by Gasteiger charge is -2.35. The number of nitrogens with zero attached hydrogens (tertiary/aromatic N) is 2. The number of carbonyl (C=O) groups is 1. The fraction of sp³-hybridized carbons (Fsp3) is 0.417. The number of nitrogens with two attached hydrogens (primary N) is 1. The number of nitrogen functional groups attached to an aromatic ring is 1. The Kier molecular flexibility index (Phi) is 5.75. The number of amides is 1. The Balaban J connectivity index is 1.28. The molecule has 2 aliphatic rings. The van der Waals surface area contributed by atoms with Crippen LogP contribution in [0.4, 0.5) is 11.4 Å². The number of rotatable bonds is 4. The molecule has 3 heterocycles. The van der Waals surface area contributed by atoms with Gasteiger partial charge in [0.15, 0.2) is 0 Å². The third-order valence-electron chi connectivity index (χ3n) is 6.53. The topological polar surface area (TPSA) is 104 Å². The fourth-order valence-electron chi connectivity index (χ4n) is 4.75. The van der Waals surface area contributed by atoms with Crippen LogP contribution in [0.2, 0.25) is 0 Å². The highest BCUT2D eigenvalue weighted by Gasteiger charge is 2.25. The molecule has 2 aromatic heterocycles. The fourth-order valence-corrected chi connectivity index (χ4v) is 5.80. The normalized spacial score (nSPS) is 20.9. The Labute approximate surface area is 191 Å². The zero-order chi connectivity index (χ0) is 22.2. The molecule has 168 valence electrons. The molecule has 0 unspecified atom stereocenters. The van der Waals surface area contributed by atoms with E-state index in [2.05, 4.69) is 38.7 Å². The maximum atomic E-state index is 13.0. The second kappa shape index (κ2) is 8.69. The van der Waals surface area contributed by atoms with Crippen molar-refractivity contribution in [2.75, 3.05) is 36.9 Å². The Bertz CT molecular complexity index is 1160. The SMILES string of the molecule is Cc1ccc2c(N)c(C(=O)N[C@@H]3CCc4cc(N5CCN[C@H](CO)C5)ccc4C3)sc2n1. The Morgan fingerprint density at radius 2 is 2.22 bits per heavy atom. The number of piperazine rings is 1. The highest BCUT2D eigenvalue weighted by atomic mass is 32.1. The summed E-state index contributed by atoms with van der Waals surface area (Å²) in [6.45, 7) is 4.74. The molecule has 1 aromatic carbocycles. The van der Waals surface area contributed by atoms with Gasteiger partial charge in [-0.3, -0.25) is 4.79 Å². The molecule has 3 aromatic rings. The first-order valence-corrected chi connectivity index (χ1v) is 12.0. The third-order valence-corrected chi connectivity index (χ3v) is 7.65. The number of anilines is 2. The molecule has 1 aliphatic carbocycles. The number of fused-ring (bicyclic) bond motifs is 2. The number of benzene rings is 1. The van der Waals surface area contributed by atoms with Gasteiger partial charge in [0.25, 0.3) is 5.91 Å². The van der Waals surface area contributed by atoms with E-state index in [4.69, 9.17) is 5.73 Å². The monoisotopic (exact) mass is 451 g/mol. The van der Waals surface area contributed by atoms with Crippen LogP contribution in [0.1, 0.15) is 32.9 Å². The zero-order valence-corrected chi connectivity index (χ0v) is 19.0. The minimum Gasteiger partial charge on any atom is -0.397 e. The van der Waals surface area contributed by atoms with Crippen LogP contribution >= 0.6 is 11.3 Å². The zero-order valence-electron chi connectivity index (χ0n) is 18.2. The van der Waals surface area contributed by atoms with Crippen molar-refractivity contribution in [1.82, 2.24) is 15.6 Å². The third kappa shape index (κ3) is 4.05. The first-order chi connectivity index (χ1) is 15.5. The molecular weight excluding hydrogens is 422 g/mol. The summed E-state index contributed by atoms with van der Waals surface area (Å²) in [5.74, 6) is -0.107. The van der Waals surface area contributed by atoms with Crippen LogP contribution in [-0.4, -0.2) is 54.3 Å². The predicted octanol–water partition coefficient (Wildman–Crippen LogP) is 2.24. The number of nitrogens with one attached hydrogen (secondary N) is 2. The van der Waals surface area contributed by atoms with Crippen LogP contribution in [-0.2, 0) is 12.8 Å². The molecule has 0 bridgehead atoms. The van der Waals surface area contributed by atoms with Gasteiger partial charge >= 0.3 is 0 Å². The lowest BCUT2D eigenvalue weighted by atomic mass is 9.87. The summed E-state index contributed by atoms with van der Waals surface area (Å²) in [5, 5.41) is 16.9. The van der Waals surface area contributed by atoms with Crippen molar-refractivity contribution < 1.29 is 9.90 Å². The van der Waals surface area contributed by atoms with Gasteiger partial charge in [-0.2, -0.15) is 0 Å². The summed E-state index contributed by atoms with van der Waals surface area (Å²) in [6, 6.07) is 10.7. The van der Waals surface area contributed by atoms with Gasteiger partial charge in [-0.05, 0) is 61.6 Å². The van der Waals surface area contributed by atoms with E-state index in [1.807, 2.05) is 19.1 Å². The minimum absolute atomic E-state index is 0.0955. The summed E-state index contributed by atoms with van der Waals surface area (Å²) >= 11 is 1.36. The Morgan fingerprint density at radius 1 is 1.34 bits per heavy atom. The van der Waals surface area contributed by atoms with E-state index in [1.165, 1.54) is 28.2 Å². The Morgan fingerprint density at radius 3 is 3.06 bits per heavy atom. The quantitative estimate of drug-likeness (QED) is 0.485. The summed E-state index contributed by atoms with van der Waals surface area (Å²) < 4.78 is 0. The summed E-state index contributed by atoms with van der Waals surface area (Å²) in [5.41, 5.74) is 11.6. The largest absolute Gasteiger partial charge is 0.397 e. The lowest BCUT2D eigenvalue weighted by Crippen LogP contribution is -2.52. The van der Waals surface area contributed by atoms with Crippen molar-refractivity contribution in [2.45, 2.75) is 38.3 Å². The van der Waals surface area contributed by atoms with Crippen LogP contribution in [0, 0.1) is 6.92 Å². The highest BCUT2D eigenvalue weighted by Crippen LogP contribution is 2.33. The number of aliphatic hydroxyl groups is 1. The van der Waals surface area contributed by atoms with Crippen LogP contribution < -0.4 is 21.3 Å². The second-order valence-electron chi connectivity index (χ2n) is 8.80. The molecule has 0 saturated carbocycles. The molecule has 1 aliphatic heterocycles. The van der Waals surface area contributed by atoms with Gasteiger partial charge in [0, 0.05) is 48.5 Å². The van der Waals surface area contributed by atoms with Crippen molar-refractivity contribution in [3.8, 4) is 0 Å². The van der Waals surface area contributed by atoms with Crippen LogP contribution in [0.3, 0.4) is 0 Å². The van der Waals surface area contributed by atoms with Crippen LogP contribution in [0.5, 0.6) is 0 Å². The summed E-state index contributed by atoms with van der Waals surface area (Å²) in [7, 11) is 0. The molecule has 7 nitrogen and oxygen atoms in total. The number of aryl methyl sites for hydroxylation is 2. The smallest absolute Gasteiger partial charge is 0.263 e. The van der Waals surface area contributed by atoms with E-state index in [0.29, 0.717) is 10.6 Å². The van der Waals surface area contributed by atoms with Gasteiger partial charge < -0.3 is 26.4 Å². The number of carbonyl (C=O) groups excluding carboxylic acids is 1. The predicted molar refractivity (Wildman–Crippen MR) is 130 cm³/mol. The molecule has 5 rings (SSSR count). The average molecular weight is 452 g/mol. The molecule has 0 radical (unpaired) electrons. The van der Waals surface area contributed by atoms with Crippen LogP contribution in [0.15, 0.2) is 30.3 Å². The van der Waals surface area contributed by atoms with Crippen molar-refractivity contribution >= 4 is 38.8 Å². The van der Waals surface area contributed by atoms with E-state index >= 15 is 0 Å². The van der Waals surface area contributed by atoms with Gasteiger partial charge in [0.2, 0.25) is 0 Å². The van der Waals surface area contributed by atoms with Crippen molar-refractivity contribution in [3.05, 3.63) is 52.0 Å². The maximum absolute atomic E-state index is 13.0. The van der Waals surface area contributed by atoms with E-state index < -0.39 is 0 Å². The van der Waals surface area contributed by atoms with Gasteiger partial charge in [0.05, 0.1) is 12.3 Å². The molecule has 5 N–H and O–H groups in total. The molecule has 2 atom stereocenters. The molecule has 32 heavy (non-hydrogen) atoms. The van der Waals surface area contributed by atoms with Gasteiger partial charge in [-0.15, -0.1) is 11.3 Å². The molecular formula is C24H29N5O2S. The van der Waals surface area contributed by atoms with Crippen molar-refractivity contribution in [1.29, 1.82) is 0 Å². The van der Waals surface area contributed by atoms with Crippen molar-refractivity contribution in [3.63, 3.8) is 0 Å². The number of aromatic nitrogens is 1. The Hall–Kier alpha value is -2.68. The molecule has 1 amide bonds. The first-order valence-electron chi connectivity index (χ1n) is 11.2. The highest BCUT2D eigenvalue weighted by molar-refractivity contribution is 7.21. The number of thiophene rings is 1. The van der Waals surface area contributed by atoms with E-state index in [0.717, 1.165) is 54.8 Å². The van der Waals surface area contributed by atoms with Gasteiger partial charge in [-0.25, -0.2) is 4.98 Å². The summed E-state index contributed by atoms with van der Waals surface area (Å²) in [4.78, 5) is 21.2. The molecule has 1 saturated heterocycles. The average Bonchev–Trinajstić information content (AvgIpc) is 3.14. The lowest BCUT2D eigenvalue weighted by molar-refractivity contribution is 0.0938. The van der Waals surface area contributed by atoms with E-state index in [9.17, 15) is 9.90 Å². The minimum atomic E-state index is -0.107. The standard InChI is InChI=1S/C24H29N5O2S/c1-14-2-7-20-21(25)22(32-24(20)27-14)23(31)28-17-5-3-16-11-19(6-4-15(16)10-17)29-9-8-26-18(12-29)13-30/h2,4,6-7,11,17-18,26,30H,3,5,8-10,12-13,25H2,1H3,(H,28,31)/t17-,18+/m1/s1. The van der Waals surface area contributed by atoms with Gasteiger partial charge in [-0.1, -0.05) is 6.07 Å². The number of hydrogen-bond donors (Lipinski definition) is 4. The first kappa shape index (κ1) is 21.2. The molecule has 1 fully saturated rings.